The van der Waals surface area contributed by atoms with Crippen molar-refractivity contribution in [1.29, 1.82) is 0 Å². The molecule has 31 heavy (non-hydrogen) atoms. The fourth-order valence-corrected chi connectivity index (χ4v) is 3.50. The van der Waals surface area contributed by atoms with Crippen molar-refractivity contribution in [2.75, 3.05) is 0 Å². The van der Waals surface area contributed by atoms with Gasteiger partial charge in [-0.1, -0.05) is 19.0 Å². The first-order valence-electron chi connectivity index (χ1n) is 10.4. The molecule has 0 amide bonds. The highest BCUT2D eigenvalue weighted by Crippen LogP contribution is 2.22. The minimum absolute atomic E-state index is 0.307. The normalized spacial score (nSPS) is 11.3. The second-order valence-corrected chi connectivity index (χ2v) is 7.42. The van der Waals surface area contributed by atoms with Gasteiger partial charge in [-0.2, -0.15) is 0 Å². The average Bonchev–Trinajstić information content (AvgIpc) is 3.40. The van der Waals surface area contributed by atoms with Crippen LogP contribution in [0.5, 0.6) is 5.75 Å². The predicted octanol–water partition coefficient (Wildman–Crippen LogP) is 3.25. The molecule has 162 valence electrons. The molecular weight excluding hydrogens is 398 g/mol. The number of hydrogen-bond donors (Lipinski definition) is 1. The highest BCUT2D eigenvalue weighted by molar-refractivity contribution is 5.75. The summed E-state index contributed by atoms with van der Waals surface area (Å²) in [7, 11) is 0. The molecule has 1 N–H and O–H groups in total. The number of aryl methyl sites for hydroxylation is 2. The van der Waals surface area contributed by atoms with E-state index in [0.29, 0.717) is 48.9 Å². The van der Waals surface area contributed by atoms with Gasteiger partial charge in [0.05, 0.1) is 0 Å². The fraction of sp³-hybridized carbons (Fsp3) is 0.364. The van der Waals surface area contributed by atoms with E-state index in [0.717, 1.165) is 23.4 Å². The van der Waals surface area contributed by atoms with Gasteiger partial charge in [0.15, 0.2) is 5.65 Å². The van der Waals surface area contributed by atoms with Crippen molar-refractivity contribution in [1.82, 2.24) is 24.3 Å². The van der Waals surface area contributed by atoms with E-state index in [2.05, 4.69) is 15.1 Å². The van der Waals surface area contributed by atoms with E-state index in [-0.39, 0.29) is 11.2 Å². The number of ether oxygens (including phenoxy) is 1. The quantitative estimate of drug-likeness (QED) is 0.466. The van der Waals surface area contributed by atoms with Crippen LogP contribution in [0.2, 0.25) is 0 Å². The van der Waals surface area contributed by atoms with Crippen LogP contribution in [0.3, 0.4) is 0 Å². The van der Waals surface area contributed by atoms with Crippen molar-refractivity contribution in [2.24, 2.45) is 0 Å². The third-order valence-corrected chi connectivity index (χ3v) is 4.95. The van der Waals surface area contributed by atoms with Crippen LogP contribution in [0.4, 0.5) is 0 Å². The molecule has 0 saturated carbocycles. The lowest BCUT2D eigenvalue weighted by Gasteiger charge is -2.09. The summed E-state index contributed by atoms with van der Waals surface area (Å²) in [5.41, 5.74) is 1.59. The number of hydrogen-bond acceptors (Lipinski definition) is 6. The first-order chi connectivity index (χ1) is 15.0. The van der Waals surface area contributed by atoms with Crippen molar-refractivity contribution >= 4 is 11.2 Å². The van der Waals surface area contributed by atoms with Crippen molar-refractivity contribution in [3.05, 3.63) is 62.6 Å². The highest BCUT2D eigenvalue weighted by atomic mass is 16.5. The van der Waals surface area contributed by atoms with E-state index in [4.69, 9.17) is 9.26 Å². The fourth-order valence-electron chi connectivity index (χ4n) is 3.50. The molecule has 0 aliphatic carbocycles. The van der Waals surface area contributed by atoms with Crippen molar-refractivity contribution in [2.45, 2.75) is 53.3 Å². The van der Waals surface area contributed by atoms with Crippen LogP contribution in [0.15, 0.2) is 44.4 Å². The van der Waals surface area contributed by atoms with Gasteiger partial charge < -0.3 is 14.2 Å². The van der Waals surface area contributed by atoms with E-state index < -0.39 is 0 Å². The Balaban J connectivity index is 1.66. The summed E-state index contributed by atoms with van der Waals surface area (Å²) < 4.78 is 13.6. The van der Waals surface area contributed by atoms with Gasteiger partial charge in [0.2, 0.25) is 0 Å². The minimum atomic E-state index is -0.337. The Morgan fingerprint density at radius 2 is 1.77 bits per heavy atom. The number of nitrogens with one attached hydrogen (secondary N) is 1. The lowest BCUT2D eigenvalue weighted by Crippen LogP contribution is -2.40. The SMILES string of the molecule is CCCn1c(=O)c2[nH]c(-c3ccc(OCc4cc(C)on4)cc3)nc2n(CCC)c1=O. The van der Waals surface area contributed by atoms with E-state index in [1.807, 2.05) is 51.1 Å². The number of imidazole rings is 1. The molecule has 0 spiro atoms. The average molecular weight is 423 g/mol. The zero-order chi connectivity index (χ0) is 22.0. The highest BCUT2D eigenvalue weighted by Gasteiger charge is 2.17. The zero-order valence-electron chi connectivity index (χ0n) is 17.8. The van der Waals surface area contributed by atoms with Crippen LogP contribution in [0, 0.1) is 6.92 Å². The lowest BCUT2D eigenvalue weighted by molar-refractivity contribution is 0.288. The van der Waals surface area contributed by atoms with Crippen LogP contribution in [-0.2, 0) is 19.7 Å². The molecule has 3 aromatic heterocycles. The van der Waals surface area contributed by atoms with E-state index in [1.54, 1.807) is 4.57 Å². The van der Waals surface area contributed by atoms with Gasteiger partial charge >= 0.3 is 5.69 Å². The molecule has 0 saturated heterocycles. The van der Waals surface area contributed by atoms with E-state index >= 15 is 0 Å². The number of benzene rings is 1. The summed E-state index contributed by atoms with van der Waals surface area (Å²) in [6.45, 7) is 6.93. The van der Waals surface area contributed by atoms with Gasteiger partial charge in [0.1, 0.15) is 35.2 Å². The number of H-pyrrole nitrogens is 1. The van der Waals surface area contributed by atoms with Crippen molar-refractivity contribution in [3.8, 4) is 17.1 Å². The third-order valence-electron chi connectivity index (χ3n) is 4.95. The molecule has 1 aromatic carbocycles. The summed E-state index contributed by atoms with van der Waals surface area (Å²) in [6.07, 6.45) is 1.46. The molecule has 0 unspecified atom stereocenters. The molecule has 4 aromatic rings. The van der Waals surface area contributed by atoms with E-state index in [1.165, 1.54) is 4.57 Å². The topological polar surface area (TPSA) is 108 Å². The smallest absolute Gasteiger partial charge is 0.332 e. The van der Waals surface area contributed by atoms with Crippen molar-refractivity contribution in [3.63, 3.8) is 0 Å². The van der Waals surface area contributed by atoms with E-state index in [9.17, 15) is 9.59 Å². The maximum absolute atomic E-state index is 12.9. The van der Waals surface area contributed by atoms with Crippen LogP contribution in [0.25, 0.3) is 22.6 Å². The summed E-state index contributed by atoms with van der Waals surface area (Å²) >= 11 is 0. The summed E-state index contributed by atoms with van der Waals surface area (Å²) in [4.78, 5) is 33.4. The van der Waals surface area contributed by atoms with Gasteiger partial charge in [-0.25, -0.2) is 9.78 Å². The molecule has 4 rings (SSSR count). The number of nitrogens with zero attached hydrogens (tertiary/aromatic N) is 4. The Bertz CT molecular complexity index is 1310. The maximum atomic E-state index is 12.9. The van der Waals surface area contributed by atoms with Crippen LogP contribution >= 0.6 is 0 Å². The molecule has 0 aliphatic rings. The zero-order valence-corrected chi connectivity index (χ0v) is 17.8. The molecule has 9 nitrogen and oxygen atoms in total. The first-order valence-corrected chi connectivity index (χ1v) is 10.4. The lowest BCUT2D eigenvalue weighted by atomic mass is 10.2. The second-order valence-electron chi connectivity index (χ2n) is 7.42. The summed E-state index contributed by atoms with van der Waals surface area (Å²) in [5, 5.41) is 3.90. The van der Waals surface area contributed by atoms with Gasteiger partial charge in [0.25, 0.3) is 5.56 Å². The van der Waals surface area contributed by atoms with Gasteiger partial charge in [0, 0.05) is 24.7 Å². The molecule has 3 heterocycles. The summed E-state index contributed by atoms with van der Waals surface area (Å²) in [5.74, 6) is 1.94. The van der Waals surface area contributed by atoms with Crippen LogP contribution in [0.1, 0.15) is 38.1 Å². The monoisotopic (exact) mass is 423 g/mol. The second kappa shape index (κ2) is 8.63. The van der Waals surface area contributed by atoms with Crippen molar-refractivity contribution < 1.29 is 9.26 Å². The maximum Gasteiger partial charge on any atom is 0.332 e. The Labute approximate surface area is 178 Å². The number of aromatic nitrogens is 5. The molecule has 0 bridgehead atoms. The Hall–Kier alpha value is -3.62. The number of aromatic amines is 1. The first kappa shape index (κ1) is 20.6. The number of fused-ring (bicyclic) bond motifs is 1. The molecule has 0 radical (unpaired) electrons. The standard InChI is InChI=1S/C22H25N5O4/c1-4-10-26-20-18(21(28)27(11-5-2)22(26)29)23-19(24-20)15-6-8-17(9-7-15)30-13-16-12-14(3)31-25-16/h6-9,12H,4-5,10-11,13H2,1-3H3,(H,23,24). The number of rotatable bonds is 8. The Morgan fingerprint density at radius 3 is 2.42 bits per heavy atom. The van der Waals surface area contributed by atoms with Gasteiger partial charge in [-0.05, 0) is 44.0 Å². The van der Waals surface area contributed by atoms with Gasteiger partial charge in [-0.3, -0.25) is 13.9 Å². The Kier molecular flexibility index (Phi) is 5.75. The molecule has 0 atom stereocenters. The molecule has 0 fully saturated rings. The van der Waals surface area contributed by atoms with Gasteiger partial charge in [-0.15, -0.1) is 0 Å². The Morgan fingerprint density at radius 1 is 1.06 bits per heavy atom. The predicted molar refractivity (Wildman–Crippen MR) is 116 cm³/mol. The molecule has 0 aliphatic heterocycles. The third kappa shape index (κ3) is 4.03. The molecular formula is C22H25N5O4. The van der Waals surface area contributed by atoms with Crippen LogP contribution < -0.4 is 16.0 Å². The largest absolute Gasteiger partial charge is 0.487 e. The molecule has 9 heteroatoms. The minimum Gasteiger partial charge on any atom is -0.487 e. The van der Waals surface area contributed by atoms with Crippen LogP contribution in [-0.4, -0.2) is 24.3 Å². The summed E-state index contributed by atoms with van der Waals surface area (Å²) in [6, 6.07) is 9.18.